The van der Waals surface area contributed by atoms with Gasteiger partial charge in [0.1, 0.15) is 6.04 Å². The molecule has 1 atom stereocenters. The molecule has 0 saturated heterocycles. The Balaban J connectivity index is 2.59. The lowest BCUT2D eigenvalue weighted by molar-refractivity contribution is 0.104. The van der Waals surface area contributed by atoms with E-state index in [1.807, 2.05) is 37.2 Å². The Morgan fingerprint density at radius 2 is 2.17 bits per heavy atom. The molecule has 0 saturated carbocycles. The van der Waals surface area contributed by atoms with E-state index >= 15 is 0 Å². The average molecular weight is 328 g/mol. The van der Waals surface area contributed by atoms with Gasteiger partial charge in [0.05, 0.1) is 18.2 Å². The molecule has 24 heavy (non-hydrogen) atoms. The molecule has 0 bridgehead atoms. The highest BCUT2D eigenvalue weighted by Gasteiger charge is 2.39. The van der Waals surface area contributed by atoms with Crippen LogP contribution in [0.5, 0.6) is 0 Å². The minimum atomic E-state index is -0.817. The lowest BCUT2D eigenvalue weighted by Gasteiger charge is -2.34. The summed E-state index contributed by atoms with van der Waals surface area (Å²) in [6, 6.07) is 8.04. The molecule has 2 rings (SSSR count). The molecule has 1 heterocycles. The molecule has 0 aliphatic carbocycles. The van der Waals surface area contributed by atoms with E-state index in [1.165, 1.54) is 0 Å². The third-order valence-electron chi connectivity index (χ3n) is 3.74. The van der Waals surface area contributed by atoms with Crippen molar-refractivity contribution in [2.75, 3.05) is 25.6 Å². The Bertz CT molecular complexity index is 734. The van der Waals surface area contributed by atoms with Crippen LogP contribution in [0, 0.1) is 11.3 Å². The molecule has 7 nitrogen and oxygen atoms in total. The summed E-state index contributed by atoms with van der Waals surface area (Å²) in [5, 5.41) is 12.1. The van der Waals surface area contributed by atoms with Gasteiger partial charge < -0.3 is 15.0 Å². The Morgan fingerprint density at radius 1 is 1.46 bits per heavy atom. The monoisotopic (exact) mass is 328 g/mol. The number of hydrogen-bond acceptors (Lipinski definition) is 5. The van der Waals surface area contributed by atoms with Crippen LogP contribution in [0.1, 0.15) is 25.5 Å². The number of imide groups is 1. The number of amides is 3. The van der Waals surface area contributed by atoms with Crippen molar-refractivity contribution >= 4 is 17.8 Å². The Labute approximate surface area is 141 Å². The highest BCUT2D eigenvalue weighted by molar-refractivity contribution is 5.94. The van der Waals surface area contributed by atoms with Crippen molar-refractivity contribution in [1.29, 1.82) is 5.26 Å². The van der Waals surface area contributed by atoms with Crippen molar-refractivity contribution in [2.45, 2.75) is 19.9 Å². The first-order valence-corrected chi connectivity index (χ1v) is 7.55. The highest BCUT2D eigenvalue weighted by atomic mass is 16.6. The first-order valence-electron chi connectivity index (χ1n) is 7.55. The Hall–Kier alpha value is -3.01. The molecule has 3 amide bonds. The fraction of sp³-hybridized carbons (Fsp3) is 0.353. The van der Waals surface area contributed by atoms with Crippen LogP contribution in [0.2, 0.25) is 0 Å². The predicted molar refractivity (Wildman–Crippen MR) is 89.2 cm³/mol. The van der Waals surface area contributed by atoms with Gasteiger partial charge in [0, 0.05) is 25.5 Å². The number of allylic oxidation sites excluding steroid dienone is 1. The quantitative estimate of drug-likeness (QED) is 0.922. The van der Waals surface area contributed by atoms with Crippen molar-refractivity contribution < 1.29 is 14.3 Å². The molecule has 0 fully saturated rings. The minimum Gasteiger partial charge on any atom is -0.449 e. The normalized spacial score (nSPS) is 17.2. The zero-order chi connectivity index (χ0) is 17.9. The Kier molecular flexibility index (Phi) is 5.09. The average Bonchev–Trinajstić information content (AvgIpc) is 2.54. The third-order valence-corrected chi connectivity index (χ3v) is 3.74. The number of benzene rings is 1. The lowest BCUT2D eigenvalue weighted by Crippen LogP contribution is -2.50. The van der Waals surface area contributed by atoms with Gasteiger partial charge in [-0.25, -0.2) is 14.5 Å². The summed E-state index contributed by atoms with van der Waals surface area (Å²) in [6.07, 6.45) is -0.782. The van der Waals surface area contributed by atoms with Gasteiger partial charge in [-0.05, 0) is 31.5 Å². The molecular formula is C17H20N4O3. The number of carbonyl (C=O) groups is 2. The summed E-state index contributed by atoms with van der Waals surface area (Å²) in [6.45, 7) is 3.44. The summed E-state index contributed by atoms with van der Waals surface area (Å²) < 4.78 is 4.99. The van der Waals surface area contributed by atoms with Crippen LogP contribution in [0.15, 0.2) is 35.5 Å². The molecule has 1 aromatic carbocycles. The predicted octanol–water partition coefficient (Wildman–Crippen LogP) is 2.77. The number of carbonyl (C=O) groups excluding carboxylic acids is 2. The van der Waals surface area contributed by atoms with E-state index in [1.54, 1.807) is 19.9 Å². The summed E-state index contributed by atoms with van der Waals surface area (Å²) in [5.74, 6) is 0. The van der Waals surface area contributed by atoms with Crippen LogP contribution >= 0.6 is 0 Å². The van der Waals surface area contributed by atoms with Gasteiger partial charge in [-0.2, -0.15) is 5.26 Å². The van der Waals surface area contributed by atoms with E-state index in [4.69, 9.17) is 4.74 Å². The van der Waals surface area contributed by atoms with Gasteiger partial charge in [-0.3, -0.25) is 0 Å². The van der Waals surface area contributed by atoms with E-state index in [9.17, 15) is 14.9 Å². The maximum absolute atomic E-state index is 12.3. The number of urea groups is 1. The highest BCUT2D eigenvalue weighted by Crippen LogP contribution is 2.34. The number of ether oxygens (including phenoxy) is 1. The number of hydrogen-bond donors (Lipinski definition) is 1. The standard InChI is InChI=1S/C17H20N4O3/c1-5-24-17(23)21-15(14(10-18)11(2)19-16(21)22)12-7-6-8-13(9-12)20(3)4/h6-9,15H,5H2,1-4H3,(H,19,22). The molecule has 0 radical (unpaired) electrons. The number of nitrogens with zero attached hydrogens (tertiary/aromatic N) is 3. The largest absolute Gasteiger partial charge is 0.449 e. The number of nitriles is 1. The maximum atomic E-state index is 12.3. The first-order chi connectivity index (χ1) is 11.4. The van der Waals surface area contributed by atoms with E-state index < -0.39 is 18.2 Å². The fourth-order valence-corrected chi connectivity index (χ4v) is 2.55. The molecule has 1 aliphatic rings. The van der Waals surface area contributed by atoms with Crippen molar-refractivity contribution in [3.8, 4) is 6.07 Å². The molecule has 0 spiro atoms. The first kappa shape index (κ1) is 17.3. The molecule has 126 valence electrons. The van der Waals surface area contributed by atoms with Crippen LogP contribution in [-0.2, 0) is 4.74 Å². The maximum Gasteiger partial charge on any atom is 0.418 e. The van der Waals surface area contributed by atoms with Gasteiger partial charge in [-0.15, -0.1) is 0 Å². The van der Waals surface area contributed by atoms with Crippen molar-refractivity contribution in [3.63, 3.8) is 0 Å². The van der Waals surface area contributed by atoms with E-state index in [-0.39, 0.29) is 6.61 Å². The van der Waals surface area contributed by atoms with Gasteiger partial charge in [0.15, 0.2) is 0 Å². The van der Waals surface area contributed by atoms with Gasteiger partial charge >= 0.3 is 12.1 Å². The summed E-state index contributed by atoms with van der Waals surface area (Å²) in [7, 11) is 3.78. The van der Waals surface area contributed by atoms with Crippen LogP contribution in [0.3, 0.4) is 0 Å². The summed E-state index contributed by atoms with van der Waals surface area (Å²) >= 11 is 0. The van der Waals surface area contributed by atoms with E-state index in [0.29, 0.717) is 16.8 Å². The van der Waals surface area contributed by atoms with Gasteiger partial charge in [-0.1, -0.05) is 12.1 Å². The van der Waals surface area contributed by atoms with Crippen molar-refractivity contribution in [2.24, 2.45) is 0 Å². The van der Waals surface area contributed by atoms with E-state index in [0.717, 1.165) is 10.6 Å². The van der Waals surface area contributed by atoms with Crippen molar-refractivity contribution in [3.05, 3.63) is 41.1 Å². The van der Waals surface area contributed by atoms with Crippen LogP contribution < -0.4 is 10.2 Å². The summed E-state index contributed by atoms with van der Waals surface area (Å²) in [5.41, 5.74) is 2.30. The van der Waals surface area contributed by atoms with Crippen molar-refractivity contribution in [1.82, 2.24) is 10.2 Å². The molecule has 1 aliphatic heterocycles. The second-order valence-electron chi connectivity index (χ2n) is 5.54. The minimum absolute atomic E-state index is 0.137. The third kappa shape index (κ3) is 3.18. The van der Waals surface area contributed by atoms with E-state index in [2.05, 4.69) is 11.4 Å². The topological polar surface area (TPSA) is 85.7 Å². The fourth-order valence-electron chi connectivity index (χ4n) is 2.55. The second kappa shape index (κ2) is 7.04. The zero-order valence-corrected chi connectivity index (χ0v) is 14.2. The lowest BCUT2D eigenvalue weighted by atomic mass is 9.94. The van der Waals surface area contributed by atoms with Gasteiger partial charge in [0.25, 0.3) is 0 Å². The SMILES string of the molecule is CCOC(=O)N1C(=O)NC(C)=C(C#N)C1c1cccc(N(C)C)c1. The van der Waals surface area contributed by atoms with Gasteiger partial charge in [0.2, 0.25) is 0 Å². The molecule has 0 aromatic heterocycles. The molecule has 1 unspecified atom stereocenters. The molecule has 7 heteroatoms. The van der Waals surface area contributed by atoms with Crippen LogP contribution in [0.4, 0.5) is 15.3 Å². The second-order valence-corrected chi connectivity index (χ2v) is 5.54. The Morgan fingerprint density at radius 3 is 2.75 bits per heavy atom. The molecule has 1 aromatic rings. The smallest absolute Gasteiger partial charge is 0.418 e. The summed E-state index contributed by atoms with van der Waals surface area (Å²) in [4.78, 5) is 27.5. The molecule has 1 N–H and O–H groups in total. The molecular weight excluding hydrogens is 308 g/mol. The zero-order valence-electron chi connectivity index (χ0n) is 14.2. The number of rotatable bonds is 3. The number of nitrogens with one attached hydrogen (secondary N) is 1. The van der Waals surface area contributed by atoms with Crippen LogP contribution in [-0.4, -0.2) is 37.7 Å². The van der Waals surface area contributed by atoms with Crippen LogP contribution in [0.25, 0.3) is 0 Å². The number of anilines is 1.